The normalized spacial score (nSPS) is 20.6. The van der Waals surface area contributed by atoms with Gasteiger partial charge in [-0.05, 0) is 19.4 Å². The number of nitrogens with zero attached hydrogens (tertiary/aromatic N) is 3. The number of nitrogens with two attached hydrogens (primary N) is 1. The Kier molecular flexibility index (Phi) is 4.09. The van der Waals surface area contributed by atoms with E-state index in [9.17, 15) is 4.79 Å². The number of carbonyl (C=O) groups is 1. The molecule has 0 saturated carbocycles. The highest BCUT2D eigenvalue weighted by molar-refractivity contribution is 5.75. The fourth-order valence-electron chi connectivity index (χ4n) is 2.36. The zero-order chi connectivity index (χ0) is 13.0. The van der Waals surface area contributed by atoms with Crippen molar-refractivity contribution in [2.45, 2.75) is 18.8 Å². The summed E-state index contributed by atoms with van der Waals surface area (Å²) in [5.74, 6) is 0.837. The van der Waals surface area contributed by atoms with Crippen molar-refractivity contribution < 1.29 is 4.79 Å². The maximum Gasteiger partial charge on any atom is 0.231 e. The summed E-state index contributed by atoms with van der Waals surface area (Å²) in [4.78, 5) is 21.7. The van der Waals surface area contributed by atoms with Gasteiger partial charge in [-0.1, -0.05) is 0 Å². The highest BCUT2D eigenvalue weighted by Crippen LogP contribution is 2.25. The van der Waals surface area contributed by atoms with Crippen molar-refractivity contribution in [3.8, 4) is 0 Å². The van der Waals surface area contributed by atoms with Crippen LogP contribution in [0.4, 0.5) is 5.82 Å². The molecule has 0 aliphatic carbocycles. The number of likely N-dealkylation sites (tertiary alicyclic amines) is 1. The standard InChI is InChI=1S/C12H19N5O/c1-14-12-6-15-5-10(16-12)9-3-2-4-17(7-9)8-11(13)18/h5-6,9H,2-4,7-8H2,1H3,(H2,13,18)(H,14,16). The van der Waals surface area contributed by atoms with Crippen LogP contribution in [0.5, 0.6) is 0 Å². The molecular formula is C12H19N5O. The molecule has 2 heterocycles. The molecule has 1 saturated heterocycles. The Morgan fingerprint density at radius 2 is 2.44 bits per heavy atom. The number of hydrogen-bond donors (Lipinski definition) is 2. The molecule has 18 heavy (non-hydrogen) atoms. The average Bonchev–Trinajstić information content (AvgIpc) is 2.38. The summed E-state index contributed by atoms with van der Waals surface area (Å²) in [6.45, 7) is 2.08. The summed E-state index contributed by atoms with van der Waals surface area (Å²) in [6.07, 6.45) is 5.65. The molecule has 1 unspecified atom stereocenters. The lowest BCUT2D eigenvalue weighted by molar-refractivity contribution is -0.119. The monoisotopic (exact) mass is 249 g/mol. The van der Waals surface area contributed by atoms with E-state index in [0.29, 0.717) is 12.5 Å². The van der Waals surface area contributed by atoms with Crippen molar-refractivity contribution in [3.05, 3.63) is 18.1 Å². The van der Waals surface area contributed by atoms with Crippen molar-refractivity contribution in [1.82, 2.24) is 14.9 Å². The van der Waals surface area contributed by atoms with Crippen molar-refractivity contribution in [1.29, 1.82) is 0 Å². The predicted octanol–water partition coefficient (Wildman–Crippen LogP) is 0.183. The molecule has 98 valence electrons. The number of rotatable bonds is 4. The van der Waals surface area contributed by atoms with Gasteiger partial charge in [0.25, 0.3) is 0 Å². The van der Waals surface area contributed by atoms with Crippen molar-refractivity contribution in [2.24, 2.45) is 5.73 Å². The van der Waals surface area contributed by atoms with E-state index in [1.807, 2.05) is 7.05 Å². The van der Waals surface area contributed by atoms with Crippen LogP contribution < -0.4 is 11.1 Å². The van der Waals surface area contributed by atoms with Gasteiger partial charge in [0.15, 0.2) is 0 Å². The van der Waals surface area contributed by atoms with Crippen LogP contribution in [0.25, 0.3) is 0 Å². The summed E-state index contributed by atoms with van der Waals surface area (Å²) < 4.78 is 0. The molecule has 6 heteroatoms. The van der Waals surface area contributed by atoms with Gasteiger partial charge in [0.05, 0.1) is 18.4 Å². The van der Waals surface area contributed by atoms with Gasteiger partial charge in [0, 0.05) is 25.7 Å². The van der Waals surface area contributed by atoms with E-state index in [1.165, 1.54) is 0 Å². The first-order chi connectivity index (χ1) is 8.69. The molecule has 2 rings (SSSR count). The lowest BCUT2D eigenvalue weighted by atomic mass is 9.95. The van der Waals surface area contributed by atoms with Crippen LogP contribution >= 0.6 is 0 Å². The average molecular weight is 249 g/mol. The summed E-state index contributed by atoms with van der Waals surface area (Å²) in [6, 6.07) is 0. The quantitative estimate of drug-likeness (QED) is 0.795. The second-order valence-corrected chi connectivity index (χ2v) is 4.62. The van der Waals surface area contributed by atoms with E-state index in [2.05, 4.69) is 20.2 Å². The van der Waals surface area contributed by atoms with E-state index in [0.717, 1.165) is 37.4 Å². The molecular weight excluding hydrogens is 230 g/mol. The summed E-state index contributed by atoms with van der Waals surface area (Å²) >= 11 is 0. The van der Waals surface area contributed by atoms with E-state index in [-0.39, 0.29) is 5.91 Å². The van der Waals surface area contributed by atoms with Crippen LogP contribution in [0.2, 0.25) is 0 Å². The molecule has 1 atom stereocenters. The second-order valence-electron chi connectivity index (χ2n) is 4.62. The van der Waals surface area contributed by atoms with Gasteiger partial charge in [0.2, 0.25) is 5.91 Å². The number of aromatic nitrogens is 2. The summed E-state index contributed by atoms with van der Waals surface area (Å²) in [7, 11) is 1.83. The van der Waals surface area contributed by atoms with Crippen LogP contribution in [0.15, 0.2) is 12.4 Å². The first kappa shape index (κ1) is 12.8. The van der Waals surface area contributed by atoms with Crippen LogP contribution in [0.1, 0.15) is 24.5 Å². The second kappa shape index (κ2) is 5.77. The number of carbonyl (C=O) groups excluding carboxylic acids is 1. The first-order valence-corrected chi connectivity index (χ1v) is 6.19. The Morgan fingerprint density at radius 1 is 1.61 bits per heavy atom. The first-order valence-electron chi connectivity index (χ1n) is 6.19. The largest absolute Gasteiger partial charge is 0.372 e. The smallest absolute Gasteiger partial charge is 0.231 e. The van der Waals surface area contributed by atoms with Gasteiger partial charge in [-0.2, -0.15) is 0 Å². The molecule has 1 fully saturated rings. The molecule has 1 amide bonds. The zero-order valence-electron chi connectivity index (χ0n) is 10.6. The fourth-order valence-corrected chi connectivity index (χ4v) is 2.36. The molecule has 0 bridgehead atoms. The highest BCUT2D eigenvalue weighted by Gasteiger charge is 2.23. The molecule has 0 radical (unpaired) electrons. The third kappa shape index (κ3) is 3.16. The SMILES string of the molecule is CNc1cncc(C2CCCN(CC(N)=O)C2)n1. The third-order valence-corrected chi connectivity index (χ3v) is 3.21. The minimum absolute atomic E-state index is 0.272. The van der Waals surface area contributed by atoms with E-state index in [1.54, 1.807) is 12.4 Å². The van der Waals surface area contributed by atoms with Crippen LogP contribution in [0, 0.1) is 0 Å². The predicted molar refractivity (Wildman–Crippen MR) is 69.2 cm³/mol. The lowest BCUT2D eigenvalue weighted by Gasteiger charge is -2.31. The van der Waals surface area contributed by atoms with Gasteiger partial charge in [-0.25, -0.2) is 4.98 Å². The Bertz CT molecular complexity index is 423. The van der Waals surface area contributed by atoms with E-state index in [4.69, 9.17) is 5.73 Å². The minimum Gasteiger partial charge on any atom is -0.372 e. The number of amides is 1. The Hall–Kier alpha value is -1.69. The molecule has 0 spiro atoms. The summed E-state index contributed by atoms with van der Waals surface area (Å²) in [5, 5.41) is 2.99. The summed E-state index contributed by atoms with van der Waals surface area (Å²) in [5.41, 5.74) is 6.22. The van der Waals surface area contributed by atoms with Gasteiger partial charge < -0.3 is 11.1 Å². The molecule has 1 aromatic rings. The number of piperidine rings is 1. The molecule has 6 nitrogen and oxygen atoms in total. The van der Waals surface area contributed by atoms with E-state index >= 15 is 0 Å². The van der Waals surface area contributed by atoms with Gasteiger partial charge in [0.1, 0.15) is 5.82 Å². The van der Waals surface area contributed by atoms with Gasteiger partial charge in [-0.15, -0.1) is 0 Å². The number of hydrogen-bond acceptors (Lipinski definition) is 5. The van der Waals surface area contributed by atoms with Crippen molar-refractivity contribution in [2.75, 3.05) is 32.0 Å². The van der Waals surface area contributed by atoms with Crippen LogP contribution in [-0.4, -0.2) is 47.5 Å². The molecule has 0 aromatic carbocycles. The van der Waals surface area contributed by atoms with Gasteiger partial charge in [-0.3, -0.25) is 14.7 Å². The molecule has 1 aliphatic heterocycles. The molecule has 3 N–H and O–H groups in total. The fraction of sp³-hybridized carbons (Fsp3) is 0.583. The molecule has 1 aromatic heterocycles. The lowest BCUT2D eigenvalue weighted by Crippen LogP contribution is -2.40. The van der Waals surface area contributed by atoms with E-state index < -0.39 is 0 Å². The minimum atomic E-state index is -0.272. The topological polar surface area (TPSA) is 84.1 Å². The number of anilines is 1. The maximum absolute atomic E-state index is 11.0. The Morgan fingerprint density at radius 3 is 3.17 bits per heavy atom. The van der Waals surface area contributed by atoms with Crippen molar-refractivity contribution in [3.63, 3.8) is 0 Å². The van der Waals surface area contributed by atoms with Crippen molar-refractivity contribution >= 4 is 11.7 Å². The highest BCUT2D eigenvalue weighted by atomic mass is 16.1. The number of nitrogens with one attached hydrogen (secondary N) is 1. The van der Waals surface area contributed by atoms with Crippen LogP contribution in [-0.2, 0) is 4.79 Å². The third-order valence-electron chi connectivity index (χ3n) is 3.21. The Balaban J connectivity index is 2.05. The Labute approximate surface area is 107 Å². The van der Waals surface area contributed by atoms with Gasteiger partial charge >= 0.3 is 0 Å². The maximum atomic E-state index is 11.0. The van der Waals surface area contributed by atoms with Crippen LogP contribution in [0.3, 0.4) is 0 Å². The zero-order valence-corrected chi connectivity index (χ0v) is 10.6. The molecule has 1 aliphatic rings. The number of primary amides is 1.